The first-order valence-electron chi connectivity index (χ1n) is 22.6. The molecule has 0 bridgehead atoms. The summed E-state index contributed by atoms with van der Waals surface area (Å²) in [6, 6.07) is 4.51. The summed E-state index contributed by atoms with van der Waals surface area (Å²) in [5.41, 5.74) is -0.206. The van der Waals surface area contributed by atoms with Crippen LogP contribution in [0.1, 0.15) is 115 Å². The lowest BCUT2D eigenvalue weighted by Crippen LogP contribution is -2.59. The SMILES string of the molecule is CC(C)(C)OC(=O)N1CCC(=O)CC1.CC[C@H]1CN(c2ncc(C(=O)OC)cc2Cl)CCN1.CC[C@H]1CN(c2ncc(C(=O)OC)cc2Cl)CCN1C1CCN(C(=O)OC(C)(C)C)CC1. The Morgan fingerprint density at radius 3 is 1.60 bits per heavy atom. The van der Waals surface area contributed by atoms with E-state index in [0.29, 0.717) is 71.0 Å². The number of nitrogens with one attached hydrogen (secondary N) is 1. The van der Waals surface area contributed by atoms with E-state index in [9.17, 15) is 24.0 Å². The fraction of sp³-hybridized carbons (Fsp3) is 0.674. The van der Waals surface area contributed by atoms with E-state index >= 15 is 0 Å². The molecular weight excluding hydrogens is 879 g/mol. The number of hydrogen-bond acceptors (Lipinski definition) is 15. The number of piperazine rings is 2. The van der Waals surface area contributed by atoms with Gasteiger partial charge in [-0.1, -0.05) is 37.0 Å². The van der Waals surface area contributed by atoms with Crippen molar-refractivity contribution in [1.29, 1.82) is 0 Å². The monoisotopic (exact) mass is 948 g/mol. The summed E-state index contributed by atoms with van der Waals surface area (Å²) in [4.78, 5) is 77.1. The summed E-state index contributed by atoms with van der Waals surface area (Å²) in [6.07, 6.45) is 7.38. The van der Waals surface area contributed by atoms with E-state index in [1.54, 1.807) is 17.0 Å². The number of hydrogen-bond donors (Lipinski definition) is 1. The van der Waals surface area contributed by atoms with E-state index in [1.807, 2.05) is 46.4 Å². The molecule has 6 rings (SSSR count). The maximum absolute atomic E-state index is 12.4. The van der Waals surface area contributed by atoms with Gasteiger partial charge in [-0.3, -0.25) is 9.69 Å². The van der Waals surface area contributed by atoms with Crippen molar-refractivity contribution < 1.29 is 42.9 Å². The number of likely N-dealkylation sites (tertiary alicyclic amines) is 2. The van der Waals surface area contributed by atoms with E-state index in [0.717, 1.165) is 83.9 Å². The average molecular weight is 950 g/mol. The lowest BCUT2D eigenvalue weighted by Gasteiger charge is -2.47. The predicted molar refractivity (Wildman–Crippen MR) is 251 cm³/mol. The number of methoxy groups -OCH3 is 2. The molecular formula is C46H70Cl2N8O9. The number of pyridine rings is 2. The van der Waals surface area contributed by atoms with Crippen LogP contribution < -0.4 is 15.1 Å². The smallest absolute Gasteiger partial charge is 0.410 e. The minimum Gasteiger partial charge on any atom is -0.465 e. The van der Waals surface area contributed by atoms with Crippen LogP contribution >= 0.6 is 23.2 Å². The molecule has 2 amide bonds. The number of esters is 2. The number of nitrogens with zero attached hydrogens (tertiary/aromatic N) is 7. The number of halogens is 2. The maximum Gasteiger partial charge on any atom is 0.410 e. The first-order valence-corrected chi connectivity index (χ1v) is 23.4. The molecule has 4 aliphatic heterocycles. The lowest BCUT2D eigenvalue weighted by molar-refractivity contribution is -0.121. The van der Waals surface area contributed by atoms with Crippen molar-refractivity contribution in [2.45, 2.75) is 123 Å². The summed E-state index contributed by atoms with van der Waals surface area (Å²) in [6.45, 7) is 23.2. The van der Waals surface area contributed by atoms with Gasteiger partial charge in [0.25, 0.3) is 0 Å². The molecule has 4 saturated heterocycles. The van der Waals surface area contributed by atoms with E-state index in [2.05, 4.69) is 48.6 Å². The van der Waals surface area contributed by atoms with Crippen LogP contribution in [-0.4, -0.2) is 164 Å². The van der Waals surface area contributed by atoms with E-state index in [1.165, 1.54) is 26.6 Å². The zero-order valence-corrected chi connectivity index (χ0v) is 41.4. The third-order valence-corrected chi connectivity index (χ3v) is 11.9. The number of Topliss-reactive ketones (excluding diaryl/α,β-unsaturated/α-hetero) is 1. The van der Waals surface area contributed by atoms with Gasteiger partial charge < -0.3 is 43.9 Å². The Morgan fingerprint density at radius 1 is 0.692 bits per heavy atom. The molecule has 2 aromatic heterocycles. The minimum absolute atomic E-state index is 0.219. The van der Waals surface area contributed by atoms with Crippen LogP contribution in [0.3, 0.4) is 0 Å². The van der Waals surface area contributed by atoms with Crippen molar-refractivity contribution in [3.05, 3.63) is 45.7 Å². The van der Waals surface area contributed by atoms with Gasteiger partial charge >= 0.3 is 24.1 Å². The Balaban J connectivity index is 0.000000237. The quantitative estimate of drug-likeness (QED) is 0.219. The largest absolute Gasteiger partial charge is 0.465 e. The van der Waals surface area contributed by atoms with Gasteiger partial charge in [0, 0.05) is 109 Å². The zero-order valence-electron chi connectivity index (χ0n) is 39.9. The van der Waals surface area contributed by atoms with E-state index in [4.69, 9.17) is 37.4 Å². The molecule has 2 aromatic rings. The minimum atomic E-state index is -0.470. The molecule has 0 saturated carbocycles. The number of ether oxygens (including phenoxy) is 4. The molecule has 4 fully saturated rings. The molecule has 19 heteroatoms. The zero-order chi connectivity index (χ0) is 48.1. The summed E-state index contributed by atoms with van der Waals surface area (Å²) in [7, 11) is 2.68. The highest BCUT2D eigenvalue weighted by Crippen LogP contribution is 2.30. The molecule has 2 atom stereocenters. The second-order valence-electron chi connectivity index (χ2n) is 18.5. The topological polar surface area (TPSA) is 176 Å². The van der Waals surface area contributed by atoms with Crippen LogP contribution in [0.4, 0.5) is 21.2 Å². The molecule has 17 nitrogen and oxygen atoms in total. The fourth-order valence-electron chi connectivity index (χ4n) is 7.95. The normalized spacial score (nSPS) is 19.8. The second kappa shape index (κ2) is 24.4. The van der Waals surface area contributed by atoms with Crippen LogP contribution in [0.25, 0.3) is 0 Å². The Morgan fingerprint density at radius 2 is 1.17 bits per heavy atom. The Hall–Kier alpha value is -4.45. The Kier molecular flexibility index (Phi) is 19.9. The Bertz CT molecular complexity index is 1930. The van der Waals surface area contributed by atoms with Crippen LogP contribution in [-0.2, 0) is 23.7 Å². The average Bonchev–Trinajstić information content (AvgIpc) is 3.27. The molecule has 65 heavy (non-hydrogen) atoms. The number of aromatic nitrogens is 2. The van der Waals surface area contributed by atoms with E-state index < -0.39 is 23.1 Å². The first-order chi connectivity index (χ1) is 30.7. The third-order valence-electron chi connectivity index (χ3n) is 11.4. The van der Waals surface area contributed by atoms with Crippen molar-refractivity contribution >= 4 is 64.7 Å². The number of rotatable bonds is 7. The van der Waals surface area contributed by atoms with Gasteiger partial charge in [-0.15, -0.1) is 0 Å². The highest BCUT2D eigenvalue weighted by molar-refractivity contribution is 6.33. The number of anilines is 2. The summed E-state index contributed by atoms with van der Waals surface area (Å²) in [5, 5.41) is 4.39. The van der Waals surface area contributed by atoms with Crippen LogP contribution in [0.15, 0.2) is 24.5 Å². The molecule has 0 radical (unpaired) electrons. The van der Waals surface area contributed by atoms with Gasteiger partial charge in [-0.05, 0) is 79.4 Å². The van der Waals surface area contributed by atoms with Gasteiger partial charge in [0.05, 0.1) is 35.4 Å². The highest BCUT2D eigenvalue weighted by atomic mass is 35.5. The summed E-state index contributed by atoms with van der Waals surface area (Å²) < 4.78 is 20.1. The van der Waals surface area contributed by atoms with Crippen molar-refractivity contribution in [3.8, 4) is 0 Å². The number of ketones is 1. The second-order valence-corrected chi connectivity index (χ2v) is 19.3. The van der Waals surface area contributed by atoms with Crippen LogP contribution in [0.2, 0.25) is 10.0 Å². The molecule has 1 N–H and O–H groups in total. The standard InChI is InChI=1S/C23H35ClN4O4.C13H18ClN3O2.C10H17NO3/c1-6-17-15-27(20-19(24)13-16(14-25-20)21(29)31-5)11-12-28(17)18-7-9-26(10-8-18)22(30)32-23(2,3)4;1-3-10-8-17(5-4-15-10)12-11(14)6-9(7-16-12)13(18)19-2;1-10(2,3)14-9(13)11-6-4-8(12)5-7-11/h13-14,17-18H,6-12,15H2,1-5H3;6-7,10,15H,3-5,8H2,1-2H3;4-7H2,1-3H3/t17-;10-;/m00./s1. The number of carbonyl (C=O) groups excluding carboxylic acids is 5. The highest BCUT2D eigenvalue weighted by Gasteiger charge is 2.36. The van der Waals surface area contributed by atoms with Gasteiger partial charge in [0.15, 0.2) is 0 Å². The number of piperidine rings is 2. The maximum atomic E-state index is 12.4. The van der Waals surface area contributed by atoms with E-state index in [-0.39, 0.29) is 18.0 Å². The summed E-state index contributed by atoms with van der Waals surface area (Å²) >= 11 is 12.7. The Labute approximate surface area is 394 Å². The molecule has 4 aliphatic rings. The van der Waals surface area contributed by atoms with Crippen molar-refractivity contribution in [1.82, 2.24) is 30.0 Å². The fourth-order valence-corrected chi connectivity index (χ4v) is 8.53. The molecule has 0 spiro atoms. The first kappa shape index (κ1) is 53.2. The molecule has 0 unspecified atom stereocenters. The summed E-state index contributed by atoms with van der Waals surface area (Å²) in [5.74, 6) is 0.795. The third kappa shape index (κ3) is 16.1. The van der Waals surface area contributed by atoms with Crippen LogP contribution in [0.5, 0.6) is 0 Å². The number of amides is 2. The molecule has 6 heterocycles. The van der Waals surface area contributed by atoms with Gasteiger partial charge in [0.2, 0.25) is 0 Å². The van der Waals surface area contributed by atoms with Crippen LogP contribution in [0, 0.1) is 0 Å². The molecule has 362 valence electrons. The van der Waals surface area contributed by atoms with Crippen molar-refractivity contribution in [2.75, 3.05) is 89.5 Å². The molecule has 0 aromatic carbocycles. The van der Waals surface area contributed by atoms with Gasteiger partial charge in [-0.25, -0.2) is 29.1 Å². The van der Waals surface area contributed by atoms with Gasteiger partial charge in [-0.2, -0.15) is 0 Å². The predicted octanol–water partition coefficient (Wildman–Crippen LogP) is 7.12. The van der Waals surface area contributed by atoms with Crippen molar-refractivity contribution in [3.63, 3.8) is 0 Å². The van der Waals surface area contributed by atoms with Crippen molar-refractivity contribution in [2.24, 2.45) is 0 Å². The number of carbonyl (C=O) groups is 5. The lowest BCUT2D eigenvalue weighted by atomic mass is 9.98. The van der Waals surface area contributed by atoms with Gasteiger partial charge in [0.1, 0.15) is 28.6 Å². The molecule has 0 aliphatic carbocycles.